The predicted molar refractivity (Wildman–Crippen MR) is 78.4 cm³/mol. The van der Waals surface area contributed by atoms with Crippen molar-refractivity contribution >= 4 is 5.78 Å². The number of benzene rings is 1. The molecule has 0 heterocycles. The molecule has 0 radical (unpaired) electrons. The van der Waals surface area contributed by atoms with Crippen LogP contribution in [0.15, 0.2) is 24.3 Å². The fraction of sp³-hybridized carbons (Fsp3) is 0.562. The minimum Gasteiger partial charge on any atom is -0.375 e. The van der Waals surface area contributed by atoms with Crippen LogP contribution in [0.3, 0.4) is 0 Å². The van der Waals surface area contributed by atoms with Gasteiger partial charge in [-0.15, -0.1) is 0 Å². The van der Waals surface area contributed by atoms with Crippen molar-refractivity contribution in [3.05, 3.63) is 35.4 Å². The van der Waals surface area contributed by atoms with Crippen LogP contribution in [-0.2, 0) is 11.3 Å². The lowest BCUT2D eigenvalue weighted by Crippen LogP contribution is -2.26. The van der Waals surface area contributed by atoms with E-state index in [1.165, 1.54) is 0 Å². The van der Waals surface area contributed by atoms with Crippen LogP contribution in [0, 0.1) is 5.92 Å². The second-order valence-corrected chi connectivity index (χ2v) is 5.38. The molecule has 0 amide bonds. The topological polar surface area (TPSA) is 38.3 Å². The molecule has 0 saturated carbocycles. The molecule has 1 rings (SSSR count). The van der Waals surface area contributed by atoms with Crippen LogP contribution in [0.25, 0.3) is 0 Å². The van der Waals surface area contributed by atoms with Gasteiger partial charge in [0.1, 0.15) is 0 Å². The van der Waals surface area contributed by atoms with E-state index in [0.29, 0.717) is 19.3 Å². The van der Waals surface area contributed by atoms with E-state index in [-0.39, 0.29) is 11.7 Å². The van der Waals surface area contributed by atoms with Gasteiger partial charge >= 0.3 is 0 Å². The molecular weight excluding hydrogens is 238 g/mol. The van der Waals surface area contributed by atoms with E-state index in [1.54, 1.807) is 0 Å². The summed E-state index contributed by atoms with van der Waals surface area (Å²) in [5.41, 5.74) is 1.88. The Labute approximate surface area is 116 Å². The molecule has 0 aliphatic carbocycles. The molecule has 19 heavy (non-hydrogen) atoms. The van der Waals surface area contributed by atoms with Crippen LogP contribution in [0.2, 0.25) is 0 Å². The summed E-state index contributed by atoms with van der Waals surface area (Å²) in [5.74, 6) is 0.234. The molecule has 0 bridgehead atoms. The zero-order valence-corrected chi connectivity index (χ0v) is 12.4. The van der Waals surface area contributed by atoms with E-state index < -0.39 is 0 Å². The molecule has 1 N–H and O–H groups in total. The van der Waals surface area contributed by atoms with Gasteiger partial charge in [0.05, 0.1) is 13.2 Å². The van der Waals surface area contributed by atoms with Gasteiger partial charge in [0.2, 0.25) is 0 Å². The minimum absolute atomic E-state index is 0.0456. The van der Waals surface area contributed by atoms with Crippen LogP contribution in [0.5, 0.6) is 0 Å². The highest BCUT2D eigenvalue weighted by Crippen LogP contribution is 2.10. The number of rotatable bonds is 8. The highest BCUT2D eigenvalue weighted by atomic mass is 16.5. The largest absolute Gasteiger partial charge is 0.375 e. The number of hydrogen-bond donors (Lipinski definition) is 1. The van der Waals surface area contributed by atoms with E-state index in [2.05, 4.69) is 19.2 Å². The number of carbonyl (C=O) groups excluding carboxylic acids is 1. The van der Waals surface area contributed by atoms with Gasteiger partial charge in [-0.05, 0) is 5.56 Å². The van der Waals surface area contributed by atoms with Crippen LogP contribution >= 0.6 is 0 Å². The average Bonchev–Trinajstić information content (AvgIpc) is 2.37. The van der Waals surface area contributed by atoms with Gasteiger partial charge in [-0.25, -0.2) is 0 Å². The number of Topliss-reactive ketones (excluding diaryl/α,β-unsaturated/α-hetero) is 1. The van der Waals surface area contributed by atoms with E-state index in [4.69, 9.17) is 4.74 Å². The minimum atomic E-state index is 0.0456. The van der Waals surface area contributed by atoms with Gasteiger partial charge in [0, 0.05) is 24.1 Å². The van der Waals surface area contributed by atoms with Crippen molar-refractivity contribution in [2.45, 2.75) is 40.3 Å². The third-order valence-corrected chi connectivity index (χ3v) is 2.83. The Morgan fingerprint density at radius 2 is 1.79 bits per heavy atom. The summed E-state index contributed by atoms with van der Waals surface area (Å²) in [4.78, 5) is 11.8. The summed E-state index contributed by atoms with van der Waals surface area (Å²) in [6.45, 7) is 10.2. The molecule has 0 fully saturated rings. The SMILES string of the molecule is CC(C)NCCOCc1ccc(C(=O)C(C)C)cc1. The fourth-order valence-corrected chi connectivity index (χ4v) is 1.71. The van der Waals surface area contributed by atoms with Gasteiger partial charge < -0.3 is 10.1 Å². The summed E-state index contributed by atoms with van der Waals surface area (Å²) in [6, 6.07) is 8.18. The molecule has 0 spiro atoms. The Balaban J connectivity index is 2.34. The zero-order chi connectivity index (χ0) is 14.3. The van der Waals surface area contributed by atoms with E-state index in [0.717, 1.165) is 17.7 Å². The van der Waals surface area contributed by atoms with Gasteiger partial charge in [-0.1, -0.05) is 52.0 Å². The molecule has 1 aromatic rings. The quantitative estimate of drug-likeness (QED) is 0.578. The average molecular weight is 263 g/mol. The molecule has 0 aliphatic heterocycles. The first-order chi connectivity index (χ1) is 9.00. The molecule has 0 unspecified atom stereocenters. The highest BCUT2D eigenvalue weighted by Gasteiger charge is 2.09. The van der Waals surface area contributed by atoms with E-state index >= 15 is 0 Å². The Hall–Kier alpha value is -1.19. The zero-order valence-electron chi connectivity index (χ0n) is 12.4. The first kappa shape index (κ1) is 15.9. The first-order valence-corrected chi connectivity index (χ1v) is 6.95. The van der Waals surface area contributed by atoms with Crippen molar-refractivity contribution in [2.24, 2.45) is 5.92 Å². The van der Waals surface area contributed by atoms with E-state index in [9.17, 15) is 4.79 Å². The van der Waals surface area contributed by atoms with Crippen LogP contribution in [0.4, 0.5) is 0 Å². The van der Waals surface area contributed by atoms with Crippen LogP contribution < -0.4 is 5.32 Å². The third-order valence-electron chi connectivity index (χ3n) is 2.83. The fourth-order valence-electron chi connectivity index (χ4n) is 1.71. The molecule has 1 aromatic carbocycles. The van der Waals surface area contributed by atoms with E-state index in [1.807, 2.05) is 38.1 Å². The smallest absolute Gasteiger partial charge is 0.165 e. The van der Waals surface area contributed by atoms with Crippen molar-refractivity contribution in [3.8, 4) is 0 Å². The maximum absolute atomic E-state index is 11.8. The Morgan fingerprint density at radius 3 is 2.32 bits per heavy atom. The Kier molecular flexibility index (Phi) is 6.74. The Morgan fingerprint density at radius 1 is 1.16 bits per heavy atom. The summed E-state index contributed by atoms with van der Waals surface area (Å²) >= 11 is 0. The molecule has 3 heteroatoms. The molecule has 3 nitrogen and oxygen atoms in total. The van der Waals surface area contributed by atoms with Gasteiger partial charge in [0.15, 0.2) is 5.78 Å². The highest BCUT2D eigenvalue weighted by molar-refractivity contribution is 5.97. The number of carbonyl (C=O) groups is 1. The summed E-state index contributed by atoms with van der Waals surface area (Å²) in [6.07, 6.45) is 0. The van der Waals surface area contributed by atoms with Crippen molar-refractivity contribution in [1.82, 2.24) is 5.32 Å². The standard InChI is InChI=1S/C16H25NO2/c1-12(2)16(18)15-7-5-14(6-8-15)11-19-10-9-17-13(3)4/h5-8,12-13,17H,9-11H2,1-4H3. The lowest BCUT2D eigenvalue weighted by molar-refractivity contribution is 0.0939. The van der Waals surface area contributed by atoms with Crippen LogP contribution in [0.1, 0.15) is 43.6 Å². The van der Waals surface area contributed by atoms with Gasteiger partial charge in [0.25, 0.3) is 0 Å². The summed E-state index contributed by atoms with van der Waals surface area (Å²) in [7, 11) is 0. The van der Waals surface area contributed by atoms with Crippen molar-refractivity contribution in [1.29, 1.82) is 0 Å². The number of ketones is 1. The Bertz CT molecular complexity index is 382. The molecule has 0 aromatic heterocycles. The first-order valence-electron chi connectivity index (χ1n) is 6.95. The lowest BCUT2D eigenvalue weighted by atomic mass is 10.0. The van der Waals surface area contributed by atoms with Crippen molar-refractivity contribution < 1.29 is 9.53 Å². The molecule has 0 atom stereocenters. The molecular formula is C16H25NO2. The maximum Gasteiger partial charge on any atom is 0.165 e. The second kappa shape index (κ2) is 8.08. The van der Waals surface area contributed by atoms with Crippen molar-refractivity contribution in [2.75, 3.05) is 13.2 Å². The molecule has 0 saturated heterocycles. The number of ether oxygens (including phenoxy) is 1. The monoisotopic (exact) mass is 263 g/mol. The lowest BCUT2D eigenvalue weighted by Gasteiger charge is -2.09. The molecule has 106 valence electrons. The second-order valence-electron chi connectivity index (χ2n) is 5.38. The number of nitrogens with one attached hydrogen (secondary N) is 1. The summed E-state index contributed by atoms with van der Waals surface area (Å²) < 4.78 is 5.57. The predicted octanol–water partition coefficient (Wildman–Crippen LogP) is 3.04. The normalized spacial score (nSPS) is 11.3. The van der Waals surface area contributed by atoms with Crippen molar-refractivity contribution in [3.63, 3.8) is 0 Å². The van der Waals surface area contributed by atoms with Gasteiger partial charge in [-0.2, -0.15) is 0 Å². The maximum atomic E-state index is 11.8. The molecule has 0 aliphatic rings. The third kappa shape index (κ3) is 5.99. The summed E-state index contributed by atoms with van der Waals surface area (Å²) in [5, 5.41) is 3.30. The van der Waals surface area contributed by atoms with Gasteiger partial charge in [-0.3, -0.25) is 4.79 Å². The van der Waals surface area contributed by atoms with Crippen LogP contribution in [-0.4, -0.2) is 25.0 Å². The number of hydrogen-bond acceptors (Lipinski definition) is 3.